The zero-order valence-corrected chi connectivity index (χ0v) is 9.62. The Morgan fingerprint density at radius 1 is 1.47 bits per heavy atom. The molecule has 1 aliphatic carbocycles. The first-order chi connectivity index (χ1) is 8.07. The Morgan fingerprint density at radius 2 is 2.18 bits per heavy atom. The summed E-state index contributed by atoms with van der Waals surface area (Å²) in [5.41, 5.74) is 5.13. The molecule has 0 aromatic heterocycles. The second kappa shape index (κ2) is 4.44. The smallest absolute Gasteiger partial charge is 0.249 e. The molecule has 6 nitrogen and oxygen atoms in total. The van der Waals surface area contributed by atoms with Crippen molar-refractivity contribution in [2.45, 2.75) is 38.1 Å². The molecule has 6 heteroatoms. The van der Waals surface area contributed by atoms with E-state index < -0.39 is 17.4 Å². The van der Waals surface area contributed by atoms with Crippen LogP contribution in [0.25, 0.3) is 0 Å². The van der Waals surface area contributed by atoms with E-state index in [1.165, 1.54) is 0 Å². The van der Waals surface area contributed by atoms with Gasteiger partial charge in [-0.15, -0.1) is 0 Å². The summed E-state index contributed by atoms with van der Waals surface area (Å²) in [5.74, 6) is -0.848. The monoisotopic (exact) mass is 239 g/mol. The maximum Gasteiger partial charge on any atom is 0.249 e. The Morgan fingerprint density at radius 3 is 2.65 bits per heavy atom. The van der Waals surface area contributed by atoms with Crippen molar-refractivity contribution in [3.8, 4) is 0 Å². The lowest BCUT2D eigenvalue weighted by molar-refractivity contribution is -0.142. The zero-order valence-electron chi connectivity index (χ0n) is 9.62. The Kier molecular flexibility index (Phi) is 3.15. The molecule has 1 atom stereocenters. The number of rotatable bonds is 3. The van der Waals surface area contributed by atoms with Crippen molar-refractivity contribution in [2.24, 2.45) is 11.1 Å². The van der Waals surface area contributed by atoms with Crippen molar-refractivity contribution in [1.29, 1.82) is 0 Å². The van der Waals surface area contributed by atoms with Gasteiger partial charge in [0.25, 0.3) is 0 Å². The Balaban J connectivity index is 1.94. The number of hydrogen-bond acceptors (Lipinski definition) is 4. The molecule has 0 aromatic carbocycles. The van der Waals surface area contributed by atoms with Crippen LogP contribution in [-0.2, 0) is 14.4 Å². The fourth-order valence-electron chi connectivity index (χ4n) is 2.27. The van der Waals surface area contributed by atoms with Crippen LogP contribution in [0.15, 0.2) is 0 Å². The van der Waals surface area contributed by atoms with Crippen LogP contribution in [0, 0.1) is 5.41 Å². The average Bonchev–Trinajstić information content (AvgIpc) is 2.21. The summed E-state index contributed by atoms with van der Waals surface area (Å²) in [4.78, 5) is 34.5. The van der Waals surface area contributed by atoms with E-state index in [0.717, 1.165) is 19.3 Å². The number of imide groups is 1. The number of amides is 3. The van der Waals surface area contributed by atoms with E-state index in [0.29, 0.717) is 13.0 Å². The van der Waals surface area contributed by atoms with Crippen LogP contribution >= 0.6 is 0 Å². The Labute approximate surface area is 99.3 Å². The number of carbonyl (C=O) groups is 3. The van der Waals surface area contributed by atoms with Crippen LogP contribution in [0.1, 0.15) is 32.1 Å². The quantitative estimate of drug-likeness (QED) is 0.552. The maximum atomic E-state index is 12.0. The van der Waals surface area contributed by atoms with Crippen LogP contribution in [0.3, 0.4) is 0 Å². The fourth-order valence-corrected chi connectivity index (χ4v) is 2.27. The van der Waals surface area contributed by atoms with Crippen LogP contribution in [0.4, 0.5) is 0 Å². The predicted molar refractivity (Wildman–Crippen MR) is 59.7 cm³/mol. The largest absolute Gasteiger partial charge is 0.344 e. The molecule has 17 heavy (non-hydrogen) atoms. The van der Waals surface area contributed by atoms with Crippen LogP contribution in [0.2, 0.25) is 0 Å². The highest BCUT2D eigenvalue weighted by atomic mass is 16.2. The van der Waals surface area contributed by atoms with Crippen LogP contribution in [-0.4, -0.2) is 30.3 Å². The van der Waals surface area contributed by atoms with Crippen LogP contribution < -0.4 is 16.4 Å². The Bertz CT molecular complexity index is 357. The van der Waals surface area contributed by atoms with Gasteiger partial charge in [-0.05, 0) is 19.3 Å². The summed E-state index contributed by atoms with van der Waals surface area (Å²) in [7, 11) is 0. The third-order valence-electron chi connectivity index (χ3n) is 3.73. The van der Waals surface area contributed by atoms with Gasteiger partial charge < -0.3 is 11.1 Å². The highest BCUT2D eigenvalue weighted by Gasteiger charge is 2.44. The normalized spacial score (nSPS) is 27.0. The van der Waals surface area contributed by atoms with Gasteiger partial charge in [0, 0.05) is 13.0 Å². The van der Waals surface area contributed by atoms with E-state index in [2.05, 4.69) is 10.6 Å². The highest BCUT2D eigenvalue weighted by molar-refractivity contribution is 6.02. The third-order valence-corrected chi connectivity index (χ3v) is 3.73. The summed E-state index contributed by atoms with van der Waals surface area (Å²) >= 11 is 0. The summed E-state index contributed by atoms with van der Waals surface area (Å²) < 4.78 is 0. The molecular formula is C11H17N3O3. The standard InChI is InChI=1S/C11H17N3O3/c12-6-11(4-1-5-11)10(17)13-7-2-3-8(15)14-9(7)16/h7H,1-6,12H2,(H,13,17)(H,14,15,16). The minimum atomic E-state index is -0.593. The second-order valence-corrected chi connectivity index (χ2v) is 4.82. The van der Waals surface area contributed by atoms with Crippen molar-refractivity contribution < 1.29 is 14.4 Å². The highest BCUT2D eigenvalue weighted by Crippen LogP contribution is 2.40. The van der Waals surface area contributed by atoms with Gasteiger partial charge in [-0.2, -0.15) is 0 Å². The lowest BCUT2D eigenvalue weighted by Crippen LogP contribution is -2.58. The van der Waals surface area contributed by atoms with Gasteiger partial charge in [-0.3, -0.25) is 19.7 Å². The average molecular weight is 239 g/mol. The number of hydrogen-bond donors (Lipinski definition) is 3. The van der Waals surface area contributed by atoms with Gasteiger partial charge in [-0.25, -0.2) is 0 Å². The summed E-state index contributed by atoms with van der Waals surface area (Å²) in [6.07, 6.45) is 3.20. The summed E-state index contributed by atoms with van der Waals surface area (Å²) in [5, 5.41) is 4.92. The predicted octanol–water partition coefficient (Wildman–Crippen LogP) is -0.963. The zero-order chi connectivity index (χ0) is 12.5. The molecule has 4 N–H and O–H groups in total. The first-order valence-electron chi connectivity index (χ1n) is 5.92. The molecule has 2 fully saturated rings. The molecule has 0 aromatic rings. The molecule has 2 aliphatic rings. The van der Waals surface area contributed by atoms with E-state index in [1.54, 1.807) is 0 Å². The summed E-state index contributed by atoms with van der Waals surface area (Å²) in [6, 6.07) is -0.593. The molecule has 0 bridgehead atoms. The van der Waals surface area contributed by atoms with Gasteiger partial charge in [0.05, 0.1) is 5.41 Å². The van der Waals surface area contributed by atoms with Crippen molar-refractivity contribution in [2.75, 3.05) is 6.54 Å². The van der Waals surface area contributed by atoms with Crippen molar-refractivity contribution in [1.82, 2.24) is 10.6 Å². The molecule has 1 saturated heterocycles. The van der Waals surface area contributed by atoms with E-state index in [-0.39, 0.29) is 18.2 Å². The minimum absolute atomic E-state index is 0.152. The van der Waals surface area contributed by atoms with Gasteiger partial charge in [-0.1, -0.05) is 6.42 Å². The first-order valence-corrected chi connectivity index (χ1v) is 5.92. The lowest BCUT2D eigenvalue weighted by Gasteiger charge is -2.40. The van der Waals surface area contributed by atoms with Gasteiger partial charge in [0.1, 0.15) is 6.04 Å². The molecule has 1 saturated carbocycles. The maximum absolute atomic E-state index is 12.0. The fraction of sp³-hybridized carbons (Fsp3) is 0.727. The number of nitrogens with two attached hydrogens (primary N) is 1. The molecule has 1 aliphatic heterocycles. The molecule has 2 rings (SSSR count). The molecule has 3 amide bonds. The second-order valence-electron chi connectivity index (χ2n) is 4.82. The number of carbonyl (C=O) groups excluding carboxylic acids is 3. The van der Waals surface area contributed by atoms with Crippen LogP contribution in [0.5, 0.6) is 0 Å². The van der Waals surface area contributed by atoms with E-state index >= 15 is 0 Å². The molecule has 1 heterocycles. The molecule has 1 unspecified atom stereocenters. The van der Waals surface area contributed by atoms with Crippen molar-refractivity contribution in [3.63, 3.8) is 0 Å². The number of piperidine rings is 1. The number of nitrogens with one attached hydrogen (secondary N) is 2. The van der Waals surface area contributed by atoms with Gasteiger partial charge in [0.15, 0.2) is 0 Å². The van der Waals surface area contributed by atoms with Crippen molar-refractivity contribution >= 4 is 17.7 Å². The molecule has 0 spiro atoms. The molecular weight excluding hydrogens is 222 g/mol. The topological polar surface area (TPSA) is 101 Å². The van der Waals surface area contributed by atoms with E-state index in [4.69, 9.17) is 5.73 Å². The van der Waals surface area contributed by atoms with Gasteiger partial charge in [0.2, 0.25) is 17.7 Å². The minimum Gasteiger partial charge on any atom is -0.344 e. The first kappa shape index (κ1) is 12.0. The lowest BCUT2D eigenvalue weighted by atomic mass is 9.68. The third kappa shape index (κ3) is 2.17. The van der Waals surface area contributed by atoms with Gasteiger partial charge >= 0.3 is 0 Å². The molecule has 94 valence electrons. The molecule has 0 radical (unpaired) electrons. The summed E-state index contributed by atoms with van der Waals surface area (Å²) in [6.45, 7) is 0.312. The van der Waals surface area contributed by atoms with Crippen molar-refractivity contribution in [3.05, 3.63) is 0 Å². The Hall–Kier alpha value is -1.43. The van der Waals surface area contributed by atoms with E-state index in [9.17, 15) is 14.4 Å². The SMILES string of the molecule is NCC1(C(=O)NC2CCC(=O)NC2=O)CCC1. The van der Waals surface area contributed by atoms with E-state index in [1.807, 2.05) is 0 Å².